The van der Waals surface area contributed by atoms with Crippen LogP contribution in [0.1, 0.15) is 12.0 Å². The van der Waals surface area contributed by atoms with Gasteiger partial charge in [0.05, 0.1) is 10.5 Å². The van der Waals surface area contributed by atoms with Crippen molar-refractivity contribution in [2.45, 2.75) is 11.3 Å². The molecule has 2 aromatic rings. The number of fused-ring (bicyclic) bond motifs is 1. The summed E-state index contributed by atoms with van der Waals surface area (Å²) in [5.74, 6) is 0.684. The van der Waals surface area contributed by atoms with Crippen LogP contribution in [0.2, 0.25) is 0 Å². The fourth-order valence-corrected chi connectivity index (χ4v) is 5.01. The Labute approximate surface area is 165 Å². The van der Waals surface area contributed by atoms with Gasteiger partial charge in [0.15, 0.2) is 0 Å². The minimum atomic E-state index is -3.54. The van der Waals surface area contributed by atoms with Crippen LogP contribution in [0, 0.1) is 0 Å². The highest BCUT2D eigenvalue weighted by atomic mass is 32.2. The molecule has 2 aromatic carbocycles. The number of benzene rings is 2. The fourth-order valence-electron chi connectivity index (χ4n) is 3.52. The number of sulfonamides is 1. The van der Waals surface area contributed by atoms with Crippen molar-refractivity contribution in [1.29, 1.82) is 0 Å². The van der Waals surface area contributed by atoms with Crippen molar-refractivity contribution in [2.24, 2.45) is 0 Å². The van der Waals surface area contributed by atoms with E-state index in [-0.39, 0.29) is 24.0 Å². The Morgan fingerprint density at radius 1 is 0.893 bits per heavy atom. The first kappa shape index (κ1) is 18.7. The quantitative estimate of drug-likeness (QED) is 0.796. The maximum Gasteiger partial charge on any atom is 0.253 e. The minimum Gasteiger partial charge on any atom is -0.488 e. The summed E-state index contributed by atoms with van der Waals surface area (Å²) >= 11 is 0. The maximum atomic E-state index is 13.0. The van der Waals surface area contributed by atoms with Crippen LogP contribution in [0.3, 0.4) is 0 Å². The predicted molar refractivity (Wildman–Crippen MR) is 106 cm³/mol. The Morgan fingerprint density at radius 2 is 1.64 bits per heavy atom. The summed E-state index contributed by atoms with van der Waals surface area (Å²) in [6.45, 7) is 1.81. The van der Waals surface area contributed by atoms with Crippen LogP contribution in [0.5, 0.6) is 5.75 Å². The molecule has 0 aromatic heterocycles. The van der Waals surface area contributed by atoms with Gasteiger partial charge in [0.25, 0.3) is 5.91 Å². The van der Waals surface area contributed by atoms with Crippen LogP contribution in [-0.4, -0.2) is 56.3 Å². The van der Waals surface area contributed by atoms with Gasteiger partial charge in [0, 0.05) is 31.7 Å². The lowest BCUT2D eigenvalue weighted by molar-refractivity contribution is -0.127. The third kappa shape index (κ3) is 3.68. The maximum absolute atomic E-state index is 13.0. The van der Waals surface area contributed by atoms with Gasteiger partial charge in [-0.25, -0.2) is 8.42 Å². The van der Waals surface area contributed by atoms with Gasteiger partial charge in [0.2, 0.25) is 10.0 Å². The molecule has 0 radical (unpaired) electrons. The Kier molecular flexibility index (Phi) is 5.19. The van der Waals surface area contributed by atoms with Crippen molar-refractivity contribution in [3.05, 3.63) is 65.7 Å². The summed E-state index contributed by atoms with van der Waals surface area (Å²) < 4.78 is 32.9. The second kappa shape index (κ2) is 7.77. The van der Waals surface area contributed by atoms with E-state index >= 15 is 0 Å². The van der Waals surface area contributed by atoms with E-state index < -0.39 is 10.0 Å². The average Bonchev–Trinajstić information content (AvgIpc) is 3.00. The number of hydrogen-bond acceptors (Lipinski definition) is 4. The van der Waals surface area contributed by atoms with Gasteiger partial charge in [0.1, 0.15) is 12.4 Å². The van der Waals surface area contributed by atoms with Crippen LogP contribution < -0.4 is 4.74 Å². The lowest BCUT2D eigenvalue weighted by atomic mass is 10.1. The molecular weight excluding hydrogens is 376 g/mol. The van der Waals surface area contributed by atoms with Crippen molar-refractivity contribution in [3.63, 3.8) is 0 Å². The third-order valence-electron chi connectivity index (χ3n) is 5.03. The minimum absolute atomic E-state index is 0.0894. The molecule has 0 saturated carbocycles. The van der Waals surface area contributed by atoms with Crippen molar-refractivity contribution in [3.8, 4) is 5.75 Å². The van der Waals surface area contributed by atoms with Crippen molar-refractivity contribution in [1.82, 2.24) is 9.21 Å². The Bertz CT molecular complexity index is 1000. The third-order valence-corrected chi connectivity index (χ3v) is 6.94. The van der Waals surface area contributed by atoms with Crippen LogP contribution in [0.4, 0.5) is 0 Å². The number of carbonyl (C=O) groups excluding carboxylic acids is 1. The van der Waals surface area contributed by atoms with Gasteiger partial charge in [-0.2, -0.15) is 4.31 Å². The first-order valence-corrected chi connectivity index (χ1v) is 10.8. The molecule has 0 spiro atoms. The molecule has 1 fully saturated rings. The Balaban J connectivity index is 1.47. The van der Waals surface area contributed by atoms with Gasteiger partial charge in [-0.05, 0) is 30.7 Å². The molecule has 2 aliphatic heterocycles. The monoisotopic (exact) mass is 398 g/mol. The highest BCUT2D eigenvalue weighted by Gasteiger charge is 2.29. The van der Waals surface area contributed by atoms with Gasteiger partial charge in [-0.3, -0.25) is 4.79 Å². The number of rotatable bonds is 3. The van der Waals surface area contributed by atoms with Gasteiger partial charge < -0.3 is 9.64 Å². The van der Waals surface area contributed by atoms with Gasteiger partial charge >= 0.3 is 0 Å². The number of para-hydroxylation sites is 1. The second-order valence-electron chi connectivity index (χ2n) is 6.86. The highest BCUT2D eigenvalue weighted by Crippen LogP contribution is 2.27. The lowest BCUT2D eigenvalue weighted by Gasteiger charge is -2.25. The average molecular weight is 398 g/mol. The van der Waals surface area contributed by atoms with E-state index in [0.717, 1.165) is 11.3 Å². The molecule has 0 aliphatic carbocycles. The number of carbonyl (C=O) groups is 1. The summed E-state index contributed by atoms with van der Waals surface area (Å²) in [6, 6.07) is 16.0. The van der Waals surface area contributed by atoms with Crippen LogP contribution in [0.25, 0.3) is 6.08 Å². The van der Waals surface area contributed by atoms with Gasteiger partial charge in [-0.1, -0.05) is 36.4 Å². The van der Waals surface area contributed by atoms with Crippen LogP contribution in [-0.2, 0) is 14.8 Å². The SMILES string of the molecule is O=C(C1=Cc2ccccc2OC1)N1CCCN(S(=O)(=O)c2ccccc2)CC1. The second-order valence-corrected chi connectivity index (χ2v) is 8.80. The van der Waals surface area contributed by atoms with Gasteiger partial charge in [-0.15, -0.1) is 0 Å². The summed E-state index contributed by atoms with van der Waals surface area (Å²) in [6.07, 6.45) is 2.47. The Hall–Kier alpha value is -2.64. The zero-order valence-corrected chi connectivity index (χ0v) is 16.3. The molecule has 6 nitrogen and oxygen atoms in total. The zero-order valence-electron chi connectivity index (χ0n) is 15.5. The first-order valence-electron chi connectivity index (χ1n) is 9.32. The topological polar surface area (TPSA) is 66.9 Å². The lowest BCUT2D eigenvalue weighted by Crippen LogP contribution is -2.38. The summed E-state index contributed by atoms with van der Waals surface area (Å²) in [4.78, 5) is 15.0. The normalized spacial score (nSPS) is 17.9. The van der Waals surface area contributed by atoms with E-state index in [0.29, 0.717) is 31.6 Å². The first-order chi connectivity index (χ1) is 13.6. The molecule has 1 saturated heterocycles. The molecule has 28 heavy (non-hydrogen) atoms. The Morgan fingerprint density at radius 3 is 2.46 bits per heavy atom. The number of hydrogen-bond donors (Lipinski definition) is 0. The molecule has 0 bridgehead atoms. The van der Waals surface area contributed by atoms with E-state index in [4.69, 9.17) is 4.74 Å². The summed E-state index contributed by atoms with van der Waals surface area (Å²) in [5.41, 5.74) is 1.48. The van der Waals surface area contributed by atoms with E-state index in [1.807, 2.05) is 30.3 Å². The molecule has 2 heterocycles. The van der Waals surface area contributed by atoms with E-state index in [1.165, 1.54) is 4.31 Å². The number of nitrogens with zero attached hydrogens (tertiary/aromatic N) is 2. The van der Waals surface area contributed by atoms with Crippen LogP contribution >= 0.6 is 0 Å². The standard InChI is InChI=1S/C21H22N2O4S/c24-21(18-15-17-7-4-5-10-20(17)27-16-18)22-11-6-12-23(14-13-22)28(25,26)19-8-2-1-3-9-19/h1-5,7-10,15H,6,11-14,16H2. The molecule has 0 unspecified atom stereocenters. The molecular formula is C21H22N2O4S. The van der Waals surface area contributed by atoms with E-state index in [1.54, 1.807) is 35.2 Å². The summed E-state index contributed by atoms with van der Waals surface area (Å²) in [7, 11) is -3.54. The zero-order chi connectivity index (χ0) is 19.6. The van der Waals surface area contributed by atoms with Crippen molar-refractivity contribution < 1.29 is 17.9 Å². The molecule has 1 amide bonds. The van der Waals surface area contributed by atoms with E-state index in [9.17, 15) is 13.2 Å². The molecule has 4 rings (SSSR count). The predicted octanol–water partition coefficient (Wildman–Crippen LogP) is 2.39. The molecule has 2 aliphatic rings. The van der Waals surface area contributed by atoms with E-state index in [2.05, 4.69) is 0 Å². The smallest absolute Gasteiger partial charge is 0.253 e. The van der Waals surface area contributed by atoms with Crippen molar-refractivity contribution >= 4 is 22.0 Å². The molecule has 0 atom stereocenters. The highest BCUT2D eigenvalue weighted by molar-refractivity contribution is 7.89. The molecule has 146 valence electrons. The van der Waals surface area contributed by atoms with Crippen LogP contribution in [0.15, 0.2) is 65.1 Å². The van der Waals surface area contributed by atoms with Crippen molar-refractivity contribution in [2.75, 3.05) is 32.8 Å². The summed E-state index contributed by atoms with van der Waals surface area (Å²) in [5, 5.41) is 0. The largest absolute Gasteiger partial charge is 0.488 e. The fraction of sp³-hybridized carbons (Fsp3) is 0.286. The molecule has 0 N–H and O–H groups in total. The molecule has 7 heteroatoms. The number of ether oxygens (including phenoxy) is 1. The number of amides is 1.